The first-order valence-corrected chi connectivity index (χ1v) is 8.89. The summed E-state index contributed by atoms with van der Waals surface area (Å²) in [5.41, 5.74) is -0.965. The molecule has 132 valence electrons. The van der Waals surface area contributed by atoms with Crippen LogP contribution in [0.4, 0.5) is 23.7 Å². The van der Waals surface area contributed by atoms with E-state index in [9.17, 15) is 26.4 Å². The Labute approximate surface area is 141 Å². The fourth-order valence-electron chi connectivity index (χ4n) is 2.73. The lowest BCUT2D eigenvalue weighted by Crippen LogP contribution is -2.34. The van der Waals surface area contributed by atoms with Crippen LogP contribution in [0.3, 0.4) is 0 Å². The highest BCUT2D eigenvalue weighted by Gasteiger charge is 2.36. The second-order valence-corrected chi connectivity index (χ2v) is 7.52. The fourth-order valence-corrected chi connectivity index (χ4v) is 4.46. The molecular formula is C16H13F3N2O3S. The number of sulfone groups is 1. The molecule has 2 aromatic rings. The van der Waals surface area contributed by atoms with Gasteiger partial charge in [-0.2, -0.15) is 13.2 Å². The van der Waals surface area contributed by atoms with Crippen LogP contribution >= 0.6 is 0 Å². The molecule has 1 unspecified atom stereocenters. The number of alkyl halides is 3. The first-order chi connectivity index (χ1) is 11.7. The summed E-state index contributed by atoms with van der Waals surface area (Å²) in [6.45, 7) is 0. The molecule has 2 aromatic carbocycles. The molecule has 1 heterocycles. The van der Waals surface area contributed by atoms with Crippen LogP contribution in [0.1, 0.15) is 17.2 Å². The van der Waals surface area contributed by atoms with Crippen LogP contribution in [-0.4, -0.2) is 20.2 Å². The number of fused-ring (bicyclic) bond motifs is 1. The Bertz CT molecular complexity index is 926. The normalized spacial score (nSPS) is 18.4. The molecule has 25 heavy (non-hydrogen) atoms. The first-order valence-electron chi connectivity index (χ1n) is 7.24. The van der Waals surface area contributed by atoms with E-state index in [1.165, 1.54) is 18.2 Å². The number of carbonyl (C=O) groups excluding carboxylic acids is 1. The highest BCUT2D eigenvalue weighted by atomic mass is 32.2. The first kappa shape index (κ1) is 17.3. The van der Waals surface area contributed by atoms with Gasteiger partial charge in [-0.3, -0.25) is 0 Å². The lowest BCUT2D eigenvalue weighted by molar-refractivity contribution is -0.136. The lowest BCUT2D eigenvalue weighted by atomic mass is 10.1. The van der Waals surface area contributed by atoms with E-state index in [4.69, 9.17) is 0 Å². The summed E-state index contributed by atoms with van der Waals surface area (Å²) in [5.74, 6) is -0.333. The van der Waals surface area contributed by atoms with Crippen LogP contribution in [0.2, 0.25) is 0 Å². The zero-order chi connectivity index (χ0) is 18.2. The van der Waals surface area contributed by atoms with Crippen LogP contribution < -0.4 is 10.6 Å². The predicted molar refractivity (Wildman–Crippen MR) is 84.8 cm³/mol. The van der Waals surface area contributed by atoms with Crippen LogP contribution in [0.15, 0.2) is 53.4 Å². The van der Waals surface area contributed by atoms with Crippen molar-refractivity contribution in [2.24, 2.45) is 0 Å². The molecule has 0 fully saturated rings. The van der Waals surface area contributed by atoms with Crippen LogP contribution in [-0.2, 0) is 16.0 Å². The molecule has 0 aliphatic carbocycles. The van der Waals surface area contributed by atoms with E-state index in [1.807, 2.05) is 0 Å². The zero-order valence-corrected chi connectivity index (χ0v) is 13.5. The molecule has 0 saturated carbocycles. The van der Waals surface area contributed by atoms with Gasteiger partial charge >= 0.3 is 12.2 Å². The summed E-state index contributed by atoms with van der Waals surface area (Å²) in [4.78, 5) is 12.2. The number of hydrogen-bond acceptors (Lipinski definition) is 3. The Morgan fingerprint density at radius 2 is 1.68 bits per heavy atom. The van der Waals surface area contributed by atoms with Gasteiger partial charge in [-0.15, -0.1) is 0 Å². The molecule has 0 bridgehead atoms. The van der Waals surface area contributed by atoms with Crippen molar-refractivity contribution in [2.75, 3.05) is 11.1 Å². The van der Waals surface area contributed by atoms with Crippen molar-refractivity contribution in [2.45, 2.75) is 17.1 Å². The Kier molecular flexibility index (Phi) is 4.19. The predicted octanol–water partition coefficient (Wildman–Crippen LogP) is 3.36. The third-order valence-electron chi connectivity index (χ3n) is 3.80. The third kappa shape index (κ3) is 3.46. The SMILES string of the molecule is O=C(Nc1ccccc1C(F)(F)F)NC1CS(=O)(=O)c2ccccc21. The topological polar surface area (TPSA) is 75.3 Å². The Hall–Kier alpha value is -2.55. The van der Waals surface area contributed by atoms with E-state index < -0.39 is 39.3 Å². The molecule has 9 heteroatoms. The quantitative estimate of drug-likeness (QED) is 0.851. The van der Waals surface area contributed by atoms with Crippen molar-refractivity contribution in [1.29, 1.82) is 0 Å². The average Bonchev–Trinajstić information content (AvgIpc) is 2.78. The van der Waals surface area contributed by atoms with Gasteiger partial charge in [-0.1, -0.05) is 30.3 Å². The summed E-state index contributed by atoms with van der Waals surface area (Å²) in [5, 5.41) is 4.56. The molecule has 0 saturated heterocycles. The lowest BCUT2D eigenvalue weighted by Gasteiger charge is -2.16. The van der Waals surface area contributed by atoms with Gasteiger partial charge in [0.2, 0.25) is 0 Å². The summed E-state index contributed by atoms with van der Waals surface area (Å²) >= 11 is 0. The Morgan fingerprint density at radius 1 is 1.04 bits per heavy atom. The highest BCUT2D eigenvalue weighted by Crippen LogP contribution is 2.35. The molecule has 1 atom stereocenters. The van der Waals surface area contributed by atoms with E-state index in [0.29, 0.717) is 5.56 Å². The molecular weight excluding hydrogens is 357 g/mol. The van der Waals surface area contributed by atoms with Gasteiger partial charge in [-0.05, 0) is 23.8 Å². The maximum absolute atomic E-state index is 13.0. The van der Waals surface area contributed by atoms with Crippen molar-refractivity contribution in [3.05, 3.63) is 59.7 Å². The molecule has 2 N–H and O–H groups in total. The molecule has 3 rings (SSSR count). The van der Waals surface area contributed by atoms with Crippen molar-refractivity contribution in [3.8, 4) is 0 Å². The third-order valence-corrected chi connectivity index (χ3v) is 5.62. The smallest absolute Gasteiger partial charge is 0.330 e. The van der Waals surface area contributed by atoms with Crippen LogP contribution in [0.5, 0.6) is 0 Å². The Balaban J connectivity index is 1.80. The molecule has 0 aromatic heterocycles. The molecule has 1 aliphatic rings. The fraction of sp³-hybridized carbons (Fsp3) is 0.188. The van der Waals surface area contributed by atoms with E-state index in [2.05, 4.69) is 10.6 Å². The number of carbonyl (C=O) groups is 1. The van der Waals surface area contributed by atoms with Crippen molar-refractivity contribution >= 4 is 21.6 Å². The van der Waals surface area contributed by atoms with Crippen molar-refractivity contribution in [1.82, 2.24) is 5.32 Å². The molecule has 0 spiro atoms. The van der Waals surface area contributed by atoms with Crippen molar-refractivity contribution in [3.63, 3.8) is 0 Å². The number of benzene rings is 2. The summed E-state index contributed by atoms with van der Waals surface area (Å²) in [7, 11) is -3.53. The van der Waals surface area contributed by atoms with Gasteiger partial charge in [-0.25, -0.2) is 13.2 Å². The van der Waals surface area contributed by atoms with E-state index in [0.717, 1.165) is 12.1 Å². The number of anilines is 1. The van der Waals surface area contributed by atoms with E-state index >= 15 is 0 Å². The summed E-state index contributed by atoms with van der Waals surface area (Å²) in [6.07, 6.45) is -4.62. The van der Waals surface area contributed by atoms with E-state index in [-0.39, 0.29) is 10.6 Å². The largest absolute Gasteiger partial charge is 0.418 e. The summed E-state index contributed by atoms with van der Waals surface area (Å²) < 4.78 is 63.0. The number of para-hydroxylation sites is 1. The maximum atomic E-state index is 13.0. The minimum atomic E-state index is -4.62. The monoisotopic (exact) mass is 370 g/mol. The van der Waals surface area contributed by atoms with Gasteiger partial charge in [0.15, 0.2) is 9.84 Å². The number of urea groups is 1. The molecule has 0 radical (unpaired) electrons. The second kappa shape index (κ2) is 6.07. The van der Waals surface area contributed by atoms with E-state index in [1.54, 1.807) is 18.2 Å². The Morgan fingerprint density at radius 3 is 2.40 bits per heavy atom. The van der Waals surface area contributed by atoms with Gasteiger partial charge < -0.3 is 10.6 Å². The number of amides is 2. The highest BCUT2D eigenvalue weighted by molar-refractivity contribution is 7.91. The number of hydrogen-bond donors (Lipinski definition) is 2. The standard InChI is InChI=1S/C16H13F3N2O3S/c17-16(18,19)11-6-2-3-7-12(11)20-15(22)21-13-9-25(23,24)14-8-4-1-5-10(13)14/h1-8,13H,9H2,(H2,20,21,22). The molecule has 2 amide bonds. The molecule has 5 nitrogen and oxygen atoms in total. The summed E-state index contributed by atoms with van der Waals surface area (Å²) in [6, 6.07) is 9.02. The number of halogens is 3. The maximum Gasteiger partial charge on any atom is 0.418 e. The minimum absolute atomic E-state index is 0.121. The zero-order valence-electron chi connectivity index (χ0n) is 12.7. The van der Waals surface area contributed by atoms with Crippen molar-refractivity contribution < 1.29 is 26.4 Å². The second-order valence-electron chi connectivity index (χ2n) is 5.51. The van der Waals surface area contributed by atoms with Gasteiger partial charge in [0.25, 0.3) is 0 Å². The van der Waals surface area contributed by atoms with Gasteiger partial charge in [0, 0.05) is 0 Å². The van der Waals surface area contributed by atoms with Crippen LogP contribution in [0.25, 0.3) is 0 Å². The molecule has 1 aliphatic heterocycles. The van der Waals surface area contributed by atoms with Gasteiger partial charge in [0.1, 0.15) is 0 Å². The minimum Gasteiger partial charge on any atom is -0.330 e. The average molecular weight is 370 g/mol. The van der Waals surface area contributed by atoms with Gasteiger partial charge in [0.05, 0.1) is 27.9 Å². The number of nitrogens with one attached hydrogen (secondary N) is 2. The number of rotatable bonds is 2. The van der Waals surface area contributed by atoms with Crippen LogP contribution in [0, 0.1) is 0 Å².